The Bertz CT molecular complexity index is 2440. The van der Waals surface area contributed by atoms with E-state index in [1.807, 2.05) is 30.9 Å². The zero-order valence-corrected chi connectivity index (χ0v) is 46.3. The summed E-state index contributed by atoms with van der Waals surface area (Å²) in [7, 11) is -12.2. The second-order valence-electron chi connectivity index (χ2n) is 15.9. The van der Waals surface area contributed by atoms with E-state index in [2.05, 4.69) is 68.7 Å². The van der Waals surface area contributed by atoms with Gasteiger partial charge in [0, 0.05) is 47.0 Å². The van der Waals surface area contributed by atoms with Crippen LogP contribution in [0.1, 0.15) is 97.6 Å². The van der Waals surface area contributed by atoms with Gasteiger partial charge in [-0.3, -0.25) is 0 Å². The molecular formula is C41H51N2Na3O12S4. The van der Waals surface area contributed by atoms with E-state index >= 15 is 0 Å². The van der Waals surface area contributed by atoms with Gasteiger partial charge < -0.3 is 22.7 Å². The normalized spacial score (nSPS) is 18.5. The van der Waals surface area contributed by atoms with Gasteiger partial charge in [-0.15, -0.1) is 18.7 Å². The molecule has 3 aliphatic rings. The molecule has 0 bridgehead atoms. The summed E-state index contributed by atoms with van der Waals surface area (Å²) < 4.78 is 124. The molecule has 0 amide bonds. The van der Waals surface area contributed by atoms with Crippen molar-refractivity contribution >= 4 is 59.3 Å². The molecule has 0 aromatic heterocycles. The minimum absolute atomic E-state index is 0. The number of hydrogen-bond donors (Lipinski definition) is 0. The maximum Gasteiger partial charge on any atom is 1.00 e. The molecule has 324 valence electrons. The predicted molar refractivity (Wildman–Crippen MR) is 221 cm³/mol. The third kappa shape index (κ3) is 15.7. The number of anilines is 1. The number of hydrogen-bond acceptors (Lipinski definition) is 13. The van der Waals surface area contributed by atoms with Crippen molar-refractivity contribution in [3.63, 3.8) is 0 Å². The molecule has 5 rings (SSSR count). The van der Waals surface area contributed by atoms with E-state index in [9.17, 15) is 34.7 Å². The minimum Gasteiger partial charge on any atom is -0.750 e. The summed E-state index contributed by atoms with van der Waals surface area (Å²) in [6.45, 7) is 14.0. The van der Waals surface area contributed by atoms with E-state index in [-0.39, 0.29) is 118 Å². The van der Waals surface area contributed by atoms with E-state index in [4.69, 9.17) is 16.8 Å². The number of allylic oxidation sites excluding steroid dienone is 8. The van der Waals surface area contributed by atoms with Gasteiger partial charge in [0.05, 0.1) is 33.0 Å². The molecule has 2 aromatic rings. The summed E-state index contributed by atoms with van der Waals surface area (Å²) in [5.74, 6) is -0.254. The quantitative estimate of drug-likeness (QED) is 0.0410. The van der Waals surface area contributed by atoms with Gasteiger partial charge in [-0.25, -0.2) is 25.6 Å². The molecule has 1 unspecified atom stereocenters. The maximum absolute atomic E-state index is 12.0. The monoisotopic (exact) mass is 960 g/mol. The SMILES string of the molecule is CC(C)C1=C(/C=C/C2=[N+](CCCCOS(=O)[O-])c3cc[c-]cc3C2(C)C)CCC/C1=C\C=C1\N(CCCCS(=O)(=O)[O-])c2ccc(S(=O)(=O)[O-])cc2C1(C)C.O=S(=O)=O.[Na+].[Na+].[Na+]. The molecule has 1 aliphatic carbocycles. The fourth-order valence-corrected chi connectivity index (χ4v) is 9.60. The second-order valence-corrected chi connectivity index (χ2v) is 19.9. The van der Waals surface area contributed by atoms with Gasteiger partial charge in [0.15, 0.2) is 5.71 Å². The van der Waals surface area contributed by atoms with Crippen molar-refractivity contribution in [1.29, 1.82) is 0 Å². The number of benzene rings is 2. The van der Waals surface area contributed by atoms with Gasteiger partial charge in [0.25, 0.3) is 0 Å². The average Bonchev–Trinajstić information content (AvgIpc) is 3.47. The summed E-state index contributed by atoms with van der Waals surface area (Å²) >= 11 is -2.53. The van der Waals surface area contributed by atoms with E-state index in [1.54, 1.807) is 6.07 Å². The Kier molecular flexibility index (Phi) is 24.4. The zero-order valence-electron chi connectivity index (χ0n) is 37.1. The molecule has 0 spiro atoms. The van der Waals surface area contributed by atoms with Gasteiger partial charge in [0.2, 0.25) is 0 Å². The first-order valence-electron chi connectivity index (χ1n) is 19.3. The number of fused-ring (bicyclic) bond motifs is 2. The Hall–Kier alpha value is -0.620. The van der Waals surface area contributed by atoms with Crippen LogP contribution in [0.4, 0.5) is 11.4 Å². The van der Waals surface area contributed by atoms with Gasteiger partial charge in [-0.1, -0.05) is 59.3 Å². The average molecular weight is 961 g/mol. The van der Waals surface area contributed by atoms with Gasteiger partial charge in [-0.2, -0.15) is 18.2 Å². The van der Waals surface area contributed by atoms with E-state index < -0.39 is 53.4 Å². The zero-order chi connectivity index (χ0) is 43.9. The Morgan fingerprint density at radius 1 is 0.887 bits per heavy atom. The Labute approximate surface area is 437 Å². The van der Waals surface area contributed by atoms with Crippen molar-refractivity contribution in [3.8, 4) is 0 Å². The Morgan fingerprint density at radius 2 is 1.55 bits per heavy atom. The summed E-state index contributed by atoms with van der Waals surface area (Å²) in [5.41, 5.74) is 8.48. The van der Waals surface area contributed by atoms with Crippen LogP contribution in [-0.4, -0.2) is 83.1 Å². The third-order valence-electron chi connectivity index (χ3n) is 10.9. The molecule has 62 heavy (non-hydrogen) atoms. The molecule has 0 saturated carbocycles. The molecule has 0 saturated heterocycles. The van der Waals surface area contributed by atoms with Crippen molar-refractivity contribution in [3.05, 3.63) is 100 Å². The summed E-state index contributed by atoms with van der Waals surface area (Å²) in [4.78, 5) is 1.74. The van der Waals surface area contributed by atoms with Gasteiger partial charge in [0.1, 0.15) is 22.4 Å². The van der Waals surface area contributed by atoms with Gasteiger partial charge in [-0.05, 0) is 91.0 Å². The molecule has 0 fully saturated rings. The largest absolute Gasteiger partial charge is 1.00 e. The van der Waals surface area contributed by atoms with Crippen LogP contribution in [0.25, 0.3) is 0 Å². The maximum atomic E-state index is 12.0. The Balaban J connectivity index is 0.00000263. The van der Waals surface area contributed by atoms with Crippen molar-refractivity contribution < 1.29 is 145 Å². The standard InChI is InChI=1S/C41H54N2O9S3.3Na.O3S/c1-29(2)39-30(18-22-37-40(3,4)33-16-7-8-17-35(33)42(37)24-9-11-26-52-53(44)45)14-13-15-31(39)19-23-38-41(5,6)34-28-32(55(49,50)51)20-21-36(34)43(38)25-10-12-27-54(46,47)48;;;;1-4(2)3/h8,16-23,28-29H,9-15,24-27H2,1-6H3,(H,44,45)(H,46,47,48)(H,49,50,51);;;;/q;3*+1;/p-3. The Morgan fingerprint density at radius 3 is 2.15 bits per heavy atom. The van der Waals surface area contributed by atoms with Crippen LogP contribution in [0.5, 0.6) is 0 Å². The summed E-state index contributed by atoms with van der Waals surface area (Å²) in [6.07, 6.45) is 13.4. The van der Waals surface area contributed by atoms with Crippen LogP contribution >= 0.6 is 0 Å². The molecule has 1 atom stereocenters. The van der Waals surface area contributed by atoms with Crippen molar-refractivity contribution in [2.24, 2.45) is 5.92 Å². The van der Waals surface area contributed by atoms with Crippen LogP contribution in [0.15, 0.2) is 88.0 Å². The molecule has 0 radical (unpaired) electrons. The van der Waals surface area contributed by atoms with Crippen molar-refractivity contribution in [2.75, 3.05) is 30.3 Å². The van der Waals surface area contributed by atoms with Crippen LogP contribution in [0.3, 0.4) is 0 Å². The molecule has 21 heteroatoms. The van der Waals surface area contributed by atoms with E-state index in [1.165, 1.54) is 34.4 Å². The molecule has 14 nitrogen and oxygen atoms in total. The fourth-order valence-electron chi connectivity index (χ4n) is 8.29. The third-order valence-corrected chi connectivity index (χ3v) is 12.9. The number of unbranched alkanes of at least 4 members (excludes halogenated alkanes) is 2. The molecule has 2 heterocycles. The van der Waals surface area contributed by atoms with Gasteiger partial charge >= 0.3 is 99.3 Å². The smallest absolute Gasteiger partial charge is 0.750 e. The summed E-state index contributed by atoms with van der Waals surface area (Å²) in [6, 6.07) is 13.6. The number of rotatable bonds is 16. The molecule has 2 aromatic carbocycles. The van der Waals surface area contributed by atoms with E-state index in [0.29, 0.717) is 31.5 Å². The molecule has 0 N–H and O–H groups in total. The minimum atomic E-state index is -4.69. The van der Waals surface area contributed by atoms with Crippen molar-refractivity contribution in [2.45, 2.75) is 102 Å². The number of nitrogens with zero attached hydrogens (tertiary/aromatic N) is 2. The van der Waals surface area contributed by atoms with Crippen LogP contribution in [0, 0.1) is 12.0 Å². The first-order chi connectivity index (χ1) is 27.5. The van der Waals surface area contributed by atoms with Crippen LogP contribution in [-0.2, 0) is 57.2 Å². The van der Waals surface area contributed by atoms with E-state index in [0.717, 1.165) is 48.5 Å². The first-order valence-corrected chi connectivity index (χ1v) is 24.2. The molecular weight excluding hydrogens is 910 g/mol. The molecule has 2 aliphatic heterocycles. The van der Waals surface area contributed by atoms with Crippen LogP contribution in [0.2, 0.25) is 0 Å². The summed E-state index contributed by atoms with van der Waals surface area (Å²) in [5, 5.41) is 0. The predicted octanol–water partition coefficient (Wildman–Crippen LogP) is -3.01. The van der Waals surface area contributed by atoms with Crippen LogP contribution < -0.4 is 93.6 Å². The van der Waals surface area contributed by atoms with Crippen molar-refractivity contribution in [1.82, 2.24) is 0 Å². The topological polar surface area (TPSA) is 221 Å². The second kappa shape index (κ2) is 25.5. The first kappa shape index (κ1) is 59.4. The fraction of sp³-hybridized carbons (Fsp3) is 0.488.